The second kappa shape index (κ2) is 9.50. The van der Waals surface area contributed by atoms with Gasteiger partial charge in [0.1, 0.15) is 0 Å². The molecule has 0 radical (unpaired) electrons. The third-order valence-corrected chi connectivity index (χ3v) is 8.18. The molecule has 0 aliphatic carbocycles. The van der Waals surface area contributed by atoms with Gasteiger partial charge in [0.05, 0.1) is 19.1 Å². The topological polar surface area (TPSA) is 76.1 Å². The number of benzene rings is 2. The van der Waals surface area contributed by atoms with Crippen molar-refractivity contribution in [3.8, 4) is 11.5 Å². The fourth-order valence-electron chi connectivity index (χ4n) is 4.46. The minimum absolute atomic E-state index is 0.168. The van der Waals surface area contributed by atoms with Crippen LogP contribution in [-0.2, 0) is 23.0 Å². The zero-order valence-electron chi connectivity index (χ0n) is 18.7. The molecule has 1 saturated heterocycles. The summed E-state index contributed by atoms with van der Waals surface area (Å²) in [7, 11) is -0.409. The van der Waals surface area contributed by atoms with E-state index in [0.717, 1.165) is 36.8 Å². The van der Waals surface area contributed by atoms with Crippen molar-refractivity contribution in [3.05, 3.63) is 53.1 Å². The number of hydrogen-bond acceptors (Lipinski definition) is 5. The number of rotatable bonds is 5. The van der Waals surface area contributed by atoms with E-state index in [2.05, 4.69) is 0 Å². The number of ether oxygens (including phenoxy) is 2. The van der Waals surface area contributed by atoms with E-state index >= 15 is 0 Å². The van der Waals surface area contributed by atoms with Gasteiger partial charge in [-0.25, -0.2) is 8.42 Å². The van der Waals surface area contributed by atoms with Gasteiger partial charge in [-0.15, -0.1) is 0 Å². The van der Waals surface area contributed by atoms with Crippen molar-refractivity contribution < 1.29 is 22.7 Å². The van der Waals surface area contributed by atoms with E-state index < -0.39 is 10.0 Å². The van der Waals surface area contributed by atoms with Crippen LogP contribution in [0.5, 0.6) is 11.5 Å². The number of amides is 1. The smallest absolute Gasteiger partial charge is 0.254 e. The number of hydrogen-bond donors (Lipinski definition) is 0. The van der Waals surface area contributed by atoms with Crippen LogP contribution in [0.4, 0.5) is 0 Å². The van der Waals surface area contributed by atoms with Gasteiger partial charge in [0, 0.05) is 31.7 Å². The summed E-state index contributed by atoms with van der Waals surface area (Å²) >= 11 is 0. The maximum absolute atomic E-state index is 13.3. The number of methoxy groups -OCH3 is 2. The molecule has 8 heteroatoms. The normalized spacial score (nSPS) is 17.4. The lowest BCUT2D eigenvalue weighted by Crippen LogP contribution is -2.36. The Morgan fingerprint density at radius 2 is 1.53 bits per heavy atom. The summed E-state index contributed by atoms with van der Waals surface area (Å²) in [6.07, 6.45) is 4.56. The summed E-state index contributed by atoms with van der Waals surface area (Å²) in [6.45, 7) is 2.07. The quantitative estimate of drug-likeness (QED) is 0.686. The Morgan fingerprint density at radius 1 is 0.875 bits per heavy atom. The van der Waals surface area contributed by atoms with Crippen molar-refractivity contribution in [2.45, 2.75) is 43.5 Å². The van der Waals surface area contributed by atoms with E-state index in [1.54, 1.807) is 41.6 Å². The van der Waals surface area contributed by atoms with Gasteiger partial charge in [0.15, 0.2) is 11.5 Å². The molecule has 2 heterocycles. The van der Waals surface area contributed by atoms with Gasteiger partial charge in [-0.3, -0.25) is 4.79 Å². The first kappa shape index (κ1) is 22.6. The highest BCUT2D eigenvalue weighted by molar-refractivity contribution is 7.89. The van der Waals surface area contributed by atoms with Gasteiger partial charge in [-0.1, -0.05) is 18.9 Å². The summed E-state index contributed by atoms with van der Waals surface area (Å²) in [6, 6.07) is 10.3. The molecular weight excluding hydrogens is 428 g/mol. The Kier molecular flexibility index (Phi) is 6.71. The van der Waals surface area contributed by atoms with E-state index in [4.69, 9.17) is 9.47 Å². The molecule has 2 aliphatic heterocycles. The van der Waals surface area contributed by atoms with Crippen LogP contribution in [0.15, 0.2) is 41.3 Å². The molecular formula is C24H30N2O5S. The van der Waals surface area contributed by atoms with Crippen LogP contribution in [0.25, 0.3) is 0 Å². The van der Waals surface area contributed by atoms with E-state index in [1.807, 2.05) is 12.1 Å². The molecule has 0 atom stereocenters. The minimum atomic E-state index is -3.61. The van der Waals surface area contributed by atoms with E-state index in [9.17, 15) is 13.2 Å². The Morgan fingerprint density at radius 3 is 2.19 bits per heavy atom. The van der Waals surface area contributed by atoms with Crippen molar-refractivity contribution in [1.29, 1.82) is 0 Å². The Labute approximate surface area is 190 Å². The standard InChI is InChI=1S/C24H30N2O5S/c1-30-22-15-18-10-13-25(17-20(18)16-23(22)31-2)24(27)19-8-7-9-21(14-19)32(28,29)26-11-5-3-4-6-12-26/h7-9,14-16H,3-6,10-13,17H2,1-2H3. The third kappa shape index (κ3) is 4.47. The number of fused-ring (bicyclic) bond motifs is 1. The van der Waals surface area contributed by atoms with Gasteiger partial charge in [-0.05, 0) is 60.7 Å². The molecule has 0 N–H and O–H groups in total. The Hall–Kier alpha value is -2.58. The molecule has 0 aromatic heterocycles. The highest BCUT2D eigenvalue weighted by atomic mass is 32.2. The summed E-state index contributed by atoms with van der Waals surface area (Å²) < 4.78 is 38.7. The van der Waals surface area contributed by atoms with Gasteiger partial charge in [0.2, 0.25) is 10.0 Å². The molecule has 172 valence electrons. The van der Waals surface area contributed by atoms with E-state index in [-0.39, 0.29) is 10.8 Å². The SMILES string of the molecule is COc1cc2c(cc1OC)CN(C(=O)c1cccc(S(=O)(=O)N3CCCCCC3)c1)CC2. The molecule has 32 heavy (non-hydrogen) atoms. The molecule has 0 saturated carbocycles. The number of nitrogens with zero attached hydrogens (tertiary/aromatic N) is 2. The van der Waals surface area contributed by atoms with Crippen molar-refractivity contribution in [2.75, 3.05) is 33.9 Å². The highest BCUT2D eigenvalue weighted by Crippen LogP contribution is 2.33. The van der Waals surface area contributed by atoms with Crippen LogP contribution in [0.3, 0.4) is 0 Å². The molecule has 0 spiro atoms. The molecule has 1 fully saturated rings. The first-order chi connectivity index (χ1) is 15.4. The van der Waals surface area contributed by atoms with Gasteiger partial charge < -0.3 is 14.4 Å². The number of sulfonamides is 1. The largest absolute Gasteiger partial charge is 0.493 e. The second-order valence-corrected chi connectivity index (χ2v) is 10.2. The van der Waals surface area contributed by atoms with E-state index in [0.29, 0.717) is 49.7 Å². The van der Waals surface area contributed by atoms with E-state index in [1.165, 1.54) is 6.07 Å². The summed E-state index contributed by atoms with van der Waals surface area (Å²) in [5, 5.41) is 0. The summed E-state index contributed by atoms with van der Waals surface area (Å²) in [4.78, 5) is 15.2. The molecule has 2 aromatic rings. The third-order valence-electron chi connectivity index (χ3n) is 6.29. The van der Waals surface area contributed by atoms with Crippen LogP contribution < -0.4 is 9.47 Å². The fraction of sp³-hybridized carbons (Fsp3) is 0.458. The average molecular weight is 459 g/mol. The minimum Gasteiger partial charge on any atom is -0.493 e. The lowest BCUT2D eigenvalue weighted by molar-refractivity contribution is 0.0734. The molecule has 2 aliphatic rings. The first-order valence-corrected chi connectivity index (χ1v) is 12.5. The molecule has 7 nitrogen and oxygen atoms in total. The van der Waals surface area contributed by atoms with Crippen molar-refractivity contribution in [3.63, 3.8) is 0 Å². The maximum Gasteiger partial charge on any atom is 0.254 e. The fourth-order valence-corrected chi connectivity index (χ4v) is 6.02. The average Bonchev–Trinajstić information content (AvgIpc) is 3.12. The predicted octanol–water partition coefficient (Wildman–Crippen LogP) is 3.47. The lowest BCUT2D eigenvalue weighted by Gasteiger charge is -2.30. The van der Waals surface area contributed by atoms with Crippen LogP contribution in [0.1, 0.15) is 47.2 Å². The second-order valence-electron chi connectivity index (χ2n) is 8.30. The predicted molar refractivity (Wildman–Crippen MR) is 122 cm³/mol. The van der Waals surface area contributed by atoms with Gasteiger partial charge >= 0.3 is 0 Å². The number of carbonyl (C=O) groups excluding carboxylic acids is 1. The summed E-state index contributed by atoms with van der Waals surface area (Å²) in [5.41, 5.74) is 2.53. The van der Waals surface area contributed by atoms with Crippen molar-refractivity contribution in [2.24, 2.45) is 0 Å². The zero-order valence-corrected chi connectivity index (χ0v) is 19.5. The maximum atomic E-state index is 13.3. The van der Waals surface area contributed by atoms with Gasteiger partial charge in [0.25, 0.3) is 5.91 Å². The molecule has 0 bridgehead atoms. The first-order valence-electron chi connectivity index (χ1n) is 11.1. The zero-order chi connectivity index (χ0) is 22.7. The van der Waals surface area contributed by atoms with Crippen LogP contribution in [0, 0.1) is 0 Å². The Bertz CT molecular complexity index is 1090. The summed E-state index contributed by atoms with van der Waals surface area (Å²) in [5.74, 6) is 1.14. The molecule has 1 amide bonds. The van der Waals surface area contributed by atoms with Crippen molar-refractivity contribution in [1.82, 2.24) is 9.21 Å². The number of carbonyl (C=O) groups is 1. The van der Waals surface area contributed by atoms with Crippen molar-refractivity contribution >= 4 is 15.9 Å². The van der Waals surface area contributed by atoms with Crippen LogP contribution >= 0.6 is 0 Å². The lowest BCUT2D eigenvalue weighted by atomic mass is 9.98. The molecule has 2 aromatic carbocycles. The molecule has 4 rings (SSSR count). The Balaban J connectivity index is 1.56. The molecule has 0 unspecified atom stereocenters. The van der Waals surface area contributed by atoms with Gasteiger partial charge in [-0.2, -0.15) is 4.31 Å². The van der Waals surface area contributed by atoms with Crippen LogP contribution in [0.2, 0.25) is 0 Å². The van der Waals surface area contributed by atoms with Crippen LogP contribution in [-0.4, -0.2) is 57.4 Å². The monoisotopic (exact) mass is 458 g/mol. The highest BCUT2D eigenvalue weighted by Gasteiger charge is 2.28.